The second-order valence-electron chi connectivity index (χ2n) is 10.0. The predicted octanol–water partition coefficient (Wildman–Crippen LogP) is 3.85. The van der Waals surface area contributed by atoms with Gasteiger partial charge in [0, 0.05) is 44.6 Å². The van der Waals surface area contributed by atoms with Crippen LogP contribution in [0.15, 0.2) is 59.8 Å². The van der Waals surface area contributed by atoms with Crippen molar-refractivity contribution in [3.8, 4) is 11.4 Å². The number of carbonyl (C=O) groups excluding carboxylic acids is 1. The summed E-state index contributed by atoms with van der Waals surface area (Å²) in [7, 11) is 0. The van der Waals surface area contributed by atoms with Gasteiger partial charge in [0.2, 0.25) is 0 Å². The SMILES string of the molecule is CC(NC(=O)OC(C)(C)C)N1CCN(c2ccc(-n3ccc(OCc4ccc(Cl)cn4)cc3=O)cn2)CC1. The van der Waals surface area contributed by atoms with E-state index in [1.807, 2.05) is 39.8 Å². The van der Waals surface area contributed by atoms with Crippen LogP contribution in [0.25, 0.3) is 5.69 Å². The average molecular weight is 541 g/mol. The van der Waals surface area contributed by atoms with E-state index in [1.54, 1.807) is 36.8 Å². The van der Waals surface area contributed by atoms with Crippen LogP contribution in [0, 0.1) is 0 Å². The maximum atomic E-state index is 12.7. The van der Waals surface area contributed by atoms with Crippen molar-refractivity contribution in [3.63, 3.8) is 0 Å². The first kappa shape index (κ1) is 27.4. The molecule has 0 spiro atoms. The van der Waals surface area contributed by atoms with Crippen LogP contribution >= 0.6 is 11.6 Å². The number of nitrogens with one attached hydrogen (secondary N) is 1. The molecular formula is C27H33ClN6O4. The summed E-state index contributed by atoms with van der Waals surface area (Å²) in [6, 6.07) is 10.5. The van der Waals surface area contributed by atoms with E-state index < -0.39 is 11.7 Å². The number of aromatic nitrogens is 3. The number of ether oxygens (including phenoxy) is 2. The highest BCUT2D eigenvalue weighted by Crippen LogP contribution is 2.18. The first-order valence-corrected chi connectivity index (χ1v) is 12.9. The molecule has 4 rings (SSSR count). The zero-order valence-electron chi connectivity index (χ0n) is 22.1. The van der Waals surface area contributed by atoms with Gasteiger partial charge in [-0.2, -0.15) is 0 Å². The van der Waals surface area contributed by atoms with Crippen molar-refractivity contribution in [1.29, 1.82) is 0 Å². The Bertz CT molecular complexity index is 1280. The molecule has 1 aliphatic rings. The standard InChI is InChI=1S/C27H33ClN6O4/c1-19(31-26(36)38-27(2,3)4)32-11-13-33(14-12-32)24-8-7-22(17-30-24)34-10-9-23(15-25(34)35)37-18-21-6-5-20(28)16-29-21/h5-10,15-17,19H,11-14,18H2,1-4H3,(H,31,36). The molecule has 0 aliphatic carbocycles. The summed E-state index contributed by atoms with van der Waals surface area (Å²) in [6.07, 6.45) is 4.36. The molecule has 0 aromatic carbocycles. The van der Waals surface area contributed by atoms with Crippen LogP contribution in [0.5, 0.6) is 5.75 Å². The Morgan fingerprint density at radius 1 is 1.08 bits per heavy atom. The van der Waals surface area contributed by atoms with Gasteiger partial charge < -0.3 is 19.7 Å². The number of alkyl carbamates (subject to hydrolysis) is 1. The molecule has 1 saturated heterocycles. The van der Waals surface area contributed by atoms with Gasteiger partial charge in [-0.1, -0.05) is 11.6 Å². The Hall–Kier alpha value is -3.63. The number of piperazine rings is 1. The molecule has 3 aromatic rings. The van der Waals surface area contributed by atoms with Crippen LogP contribution in [0.3, 0.4) is 0 Å². The van der Waals surface area contributed by atoms with E-state index in [0.717, 1.165) is 32.0 Å². The molecular weight excluding hydrogens is 508 g/mol. The third kappa shape index (κ3) is 7.45. The van der Waals surface area contributed by atoms with E-state index in [4.69, 9.17) is 21.1 Å². The summed E-state index contributed by atoms with van der Waals surface area (Å²) in [5.74, 6) is 1.30. The molecule has 11 heteroatoms. The summed E-state index contributed by atoms with van der Waals surface area (Å²) in [5.41, 5.74) is 0.629. The zero-order valence-corrected chi connectivity index (χ0v) is 22.8. The Balaban J connectivity index is 1.30. The highest BCUT2D eigenvalue weighted by atomic mass is 35.5. The molecule has 202 valence electrons. The highest BCUT2D eigenvalue weighted by Gasteiger charge is 2.25. The zero-order chi connectivity index (χ0) is 27.3. The fourth-order valence-corrected chi connectivity index (χ4v) is 4.14. The van der Waals surface area contributed by atoms with Crippen LogP contribution in [0.2, 0.25) is 5.02 Å². The Morgan fingerprint density at radius 3 is 2.45 bits per heavy atom. The van der Waals surface area contributed by atoms with Crippen molar-refractivity contribution in [3.05, 3.63) is 76.1 Å². The highest BCUT2D eigenvalue weighted by molar-refractivity contribution is 6.30. The lowest BCUT2D eigenvalue weighted by molar-refractivity contribution is 0.0426. The minimum atomic E-state index is -0.531. The quantitative estimate of drug-likeness (QED) is 0.482. The van der Waals surface area contributed by atoms with Gasteiger partial charge in [-0.3, -0.25) is 19.2 Å². The first-order chi connectivity index (χ1) is 18.1. The maximum absolute atomic E-state index is 12.7. The molecule has 1 amide bonds. The van der Waals surface area contributed by atoms with Crippen molar-refractivity contribution in [2.75, 3.05) is 31.1 Å². The number of amides is 1. The van der Waals surface area contributed by atoms with Gasteiger partial charge in [-0.15, -0.1) is 0 Å². The van der Waals surface area contributed by atoms with E-state index in [9.17, 15) is 9.59 Å². The van der Waals surface area contributed by atoms with Gasteiger partial charge in [-0.25, -0.2) is 9.78 Å². The average Bonchev–Trinajstić information content (AvgIpc) is 2.87. The lowest BCUT2D eigenvalue weighted by Crippen LogP contribution is -2.55. The van der Waals surface area contributed by atoms with Gasteiger partial charge in [-0.05, 0) is 58.0 Å². The summed E-state index contributed by atoms with van der Waals surface area (Å²) in [5, 5.41) is 3.45. The molecule has 1 N–H and O–H groups in total. The summed E-state index contributed by atoms with van der Waals surface area (Å²) in [6.45, 7) is 10.8. The maximum Gasteiger partial charge on any atom is 0.408 e. The molecule has 0 radical (unpaired) electrons. The monoisotopic (exact) mass is 540 g/mol. The van der Waals surface area contributed by atoms with Crippen molar-refractivity contribution in [2.24, 2.45) is 0 Å². The van der Waals surface area contributed by atoms with Crippen molar-refractivity contribution < 1.29 is 14.3 Å². The number of carbonyl (C=O) groups is 1. The van der Waals surface area contributed by atoms with Gasteiger partial charge in [0.05, 0.1) is 28.8 Å². The fraction of sp³-hybridized carbons (Fsp3) is 0.407. The van der Waals surface area contributed by atoms with Crippen LogP contribution in [0.1, 0.15) is 33.4 Å². The third-order valence-electron chi connectivity index (χ3n) is 5.99. The minimum Gasteiger partial charge on any atom is -0.487 e. The molecule has 1 aliphatic heterocycles. The molecule has 4 heterocycles. The first-order valence-electron chi connectivity index (χ1n) is 12.5. The van der Waals surface area contributed by atoms with Gasteiger partial charge in [0.1, 0.15) is 23.8 Å². The summed E-state index contributed by atoms with van der Waals surface area (Å²) >= 11 is 5.85. The Labute approximate surface area is 227 Å². The number of rotatable bonds is 7. The lowest BCUT2D eigenvalue weighted by atomic mass is 10.2. The smallest absolute Gasteiger partial charge is 0.408 e. The van der Waals surface area contributed by atoms with Crippen molar-refractivity contribution in [2.45, 2.75) is 46.1 Å². The molecule has 3 aromatic heterocycles. The number of halogens is 1. The summed E-state index contributed by atoms with van der Waals surface area (Å²) < 4.78 is 12.6. The van der Waals surface area contributed by atoms with Crippen LogP contribution in [0.4, 0.5) is 10.6 Å². The number of hydrogen-bond donors (Lipinski definition) is 1. The number of nitrogens with zero attached hydrogens (tertiary/aromatic N) is 5. The Morgan fingerprint density at radius 2 is 1.84 bits per heavy atom. The Kier molecular flexibility index (Phi) is 8.53. The van der Waals surface area contributed by atoms with Gasteiger partial charge >= 0.3 is 6.09 Å². The number of pyridine rings is 3. The number of anilines is 1. The second kappa shape index (κ2) is 11.8. The lowest BCUT2D eigenvalue weighted by Gasteiger charge is -2.38. The van der Waals surface area contributed by atoms with E-state index >= 15 is 0 Å². The largest absolute Gasteiger partial charge is 0.487 e. The summed E-state index contributed by atoms with van der Waals surface area (Å²) in [4.78, 5) is 37.9. The van der Waals surface area contributed by atoms with E-state index in [1.165, 1.54) is 10.6 Å². The van der Waals surface area contributed by atoms with E-state index in [-0.39, 0.29) is 18.3 Å². The van der Waals surface area contributed by atoms with Gasteiger partial charge in [0.15, 0.2) is 0 Å². The predicted molar refractivity (Wildman–Crippen MR) is 146 cm³/mol. The molecule has 38 heavy (non-hydrogen) atoms. The van der Waals surface area contributed by atoms with Crippen molar-refractivity contribution >= 4 is 23.5 Å². The normalized spacial score (nSPS) is 15.1. The molecule has 1 unspecified atom stereocenters. The second-order valence-corrected chi connectivity index (χ2v) is 10.5. The molecule has 1 atom stereocenters. The van der Waals surface area contributed by atoms with Crippen LogP contribution in [-0.2, 0) is 11.3 Å². The number of hydrogen-bond acceptors (Lipinski definition) is 8. The van der Waals surface area contributed by atoms with Crippen LogP contribution < -0.4 is 20.5 Å². The molecule has 1 fully saturated rings. The van der Waals surface area contributed by atoms with E-state index in [0.29, 0.717) is 22.2 Å². The topological polar surface area (TPSA) is 102 Å². The van der Waals surface area contributed by atoms with Gasteiger partial charge in [0.25, 0.3) is 5.56 Å². The molecule has 0 bridgehead atoms. The van der Waals surface area contributed by atoms with Crippen molar-refractivity contribution in [1.82, 2.24) is 24.8 Å². The van der Waals surface area contributed by atoms with E-state index in [2.05, 4.69) is 25.1 Å². The fourth-order valence-electron chi connectivity index (χ4n) is 4.03. The minimum absolute atomic E-state index is 0.136. The van der Waals surface area contributed by atoms with Crippen LogP contribution in [-0.4, -0.2) is 63.5 Å². The molecule has 0 saturated carbocycles. The third-order valence-corrected chi connectivity index (χ3v) is 6.21. The molecule has 10 nitrogen and oxygen atoms in total.